The third kappa shape index (κ3) is 8.54. The van der Waals surface area contributed by atoms with Gasteiger partial charge in [-0.15, -0.1) is 5.54 Å². The zero-order valence-electron chi connectivity index (χ0n) is 38.2. The van der Waals surface area contributed by atoms with E-state index in [0.29, 0.717) is 58.7 Å². The van der Waals surface area contributed by atoms with Crippen LogP contribution < -0.4 is 14.8 Å². The monoisotopic (exact) mass is 825 g/mol. The van der Waals surface area contributed by atoms with Gasteiger partial charge in [-0.3, -0.25) is 0 Å². The van der Waals surface area contributed by atoms with Crippen molar-refractivity contribution in [3.63, 3.8) is 0 Å². The largest absolute Gasteiger partial charge is 4.00 e. The van der Waals surface area contributed by atoms with Gasteiger partial charge in [-0.05, 0) is 92.6 Å². The van der Waals surface area contributed by atoms with Crippen LogP contribution in [0.5, 0.6) is 0 Å². The van der Waals surface area contributed by atoms with Crippen LogP contribution in [0.1, 0.15) is 78.4 Å². The summed E-state index contributed by atoms with van der Waals surface area (Å²) in [5, 5.41) is 0. The zero-order chi connectivity index (χ0) is 37.7. The molecule has 1 N–H and O–H groups in total. The zero-order valence-corrected chi connectivity index (χ0v) is 41.8. The number of hydrogen-bond donors (Lipinski definition) is 1. The summed E-state index contributed by atoms with van der Waals surface area (Å²) in [6, 6.07) is 19.4. The van der Waals surface area contributed by atoms with Crippen LogP contribution in [0.25, 0.3) is 4.98 Å². The molecule has 0 radical (unpaired) electrons. The normalized spacial score (nSPS) is 30.6. The van der Waals surface area contributed by atoms with Crippen molar-refractivity contribution in [1.82, 2.24) is 4.98 Å². The van der Waals surface area contributed by atoms with Crippen molar-refractivity contribution in [3.8, 4) is 0 Å². The van der Waals surface area contributed by atoms with Crippen molar-refractivity contribution in [2.24, 2.45) is 23.7 Å². The summed E-state index contributed by atoms with van der Waals surface area (Å²) in [5.41, 5.74) is 10.4. The van der Waals surface area contributed by atoms with Gasteiger partial charge in [0.25, 0.3) is 0 Å². The number of nitrogens with zero attached hydrogens (tertiary/aromatic N) is 3. The van der Waals surface area contributed by atoms with E-state index in [-0.39, 0.29) is 55.1 Å². The second-order valence-corrected chi connectivity index (χ2v) is 28.9. The van der Waals surface area contributed by atoms with Gasteiger partial charge >= 0.3 is 21.7 Å². The first-order valence-corrected chi connectivity index (χ1v) is 26.2. The number of para-hydroxylation sites is 2. The maximum atomic E-state index is 5.46. The van der Waals surface area contributed by atoms with Gasteiger partial charge in [0.1, 0.15) is 8.24 Å². The van der Waals surface area contributed by atoms with Gasteiger partial charge < -0.3 is 42.0 Å². The first-order valence-electron chi connectivity index (χ1n) is 20.1. The molecule has 0 saturated heterocycles. The second-order valence-electron chi connectivity index (χ2n) is 20.3. The van der Waals surface area contributed by atoms with Gasteiger partial charge in [0.2, 0.25) is 0 Å². The fourth-order valence-electron chi connectivity index (χ4n) is 12.5. The molecule has 304 valence electrons. The molecular formula is C49H76N4Si2Ti. The Bertz CT molecular complexity index is 1680. The molecule has 2 saturated carbocycles. The minimum Gasteiger partial charge on any atom is -0.660 e. The summed E-state index contributed by atoms with van der Waals surface area (Å²) in [5.74, 6) is 3.75. The Morgan fingerprint density at radius 3 is 1.41 bits per heavy atom. The molecule has 56 heavy (non-hydrogen) atoms. The van der Waals surface area contributed by atoms with Crippen LogP contribution in [0, 0.1) is 46.0 Å². The molecule has 4 aliphatic carbocycles. The van der Waals surface area contributed by atoms with Crippen molar-refractivity contribution in [1.29, 1.82) is 0 Å². The fourth-order valence-corrected chi connectivity index (χ4v) is 21.6. The van der Waals surface area contributed by atoms with Gasteiger partial charge in [0.05, 0.1) is 0 Å². The van der Waals surface area contributed by atoms with Crippen molar-refractivity contribution in [3.05, 3.63) is 135 Å². The molecule has 6 aliphatic rings. The number of hydrogen-bond acceptors (Lipinski definition) is 3. The van der Waals surface area contributed by atoms with E-state index in [9.17, 15) is 0 Å². The molecule has 7 heteroatoms. The van der Waals surface area contributed by atoms with E-state index in [0.717, 1.165) is 0 Å². The summed E-state index contributed by atoms with van der Waals surface area (Å²) < 4.78 is 0. The number of allylic oxidation sites excluding steroid dienone is 8. The first-order chi connectivity index (χ1) is 24.2. The third-order valence-electron chi connectivity index (χ3n) is 13.3. The van der Waals surface area contributed by atoms with Crippen LogP contribution >= 0.6 is 0 Å². The number of fused-ring (bicyclic) bond motifs is 10. The summed E-state index contributed by atoms with van der Waals surface area (Å²) in [6.07, 6.45) is 14.9. The van der Waals surface area contributed by atoms with Crippen LogP contribution in [0.4, 0.5) is 11.4 Å². The van der Waals surface area contributed by atoms with Gasteiger partial charge in [-0.1, -0.05) is 139 Å². The Morgan fingerprint density at radius 2 is 1.00 bits per heavy atom. The molecule has 2 aromatic carbocycles. The van der Waals surface area contributed by atoms with Gasteiger partial charge in [-0.2, -0.15) is 0 Å². The average Bonchev–Trinajstić information content (AvgIpc) is 3.71. The molecule has 2 aromatic rings. The summed E-state index contributed by atoms with van der Waals surface area (Å²) in [6.45, 7) is 28.4. The van der Waals surface area contributed by atoms with E-state index >= 15 is 0 Å². The molecule has 4 nitrogen and oxygen atoms in total. The van der Waals surface area contributed by atoms with Gasteiger partial charge in [0.15, 0.2) is 0 Å². The predicted molar refractivity (Wildman–Crippen MR) is 250 cm³/mol. The Labute approximate surface area is 362 Å². The Balaban J connectivity index is 0.000000280. The predicted octanol–water partition coefficient (Wildman–Crippen LogP) is 12.8. The molecule has 10 atom stereocenters. The van der Waals surface area contributed by atoms with E-state index in [2.05, 4.69) is 195 Å². The minimum atomic E-state index is -1.81. The molecule has 0 spiro atoms. The van der Waals surface area contributed by atoms with Crippen LogP contribution in [0.15, 0.2) is 96.1 Å². The maximum Gasteiger partial charge on any atom is 4.00 e. The Hall–Kier alpha value is -1.93. The fraction of sp³-hybridized carbons (Fsp3) is 0.531. The minimum absolute atomic E-state index is 0. The number of likely N-dealkylation sites (N-methyl/N-ethyl adjacent to an activating group) is 2. The van der Waals surface area contributed by atoms with Crippen LogP contribution in [-0.2, 0) is 21.7 Å². The molecule has 0 amide bonds. The Kier molecular flexibility index (Phi) is 14.7. The van der Waals surface area contributed by atoms with Crippen molar-refractivity contribution >= 4 is 27.8 Å². The average molecular weight is 825 g/mol. The van der Waals surface area contributed by atoms with E-state index < -0.39 is 16.5 Å². The van der Waals surface area contributed by atoms with E-state index in [4.69, 9.17) is 4.98 Å². The summed E-state index contributed by atoms with van der Waals surface area (Å²) in [4.78, 5) is 14.8. The third-order valence-corrected chi connectivity index (χ3v) is 20.7. The maximum absolute atomic E-state index is 5.46. The molecular weight excluding hydrogens is 749 g/mol. The second kappa shape index (κ2) is 17.0. The first kappa shape index (κ1) is 48.4. The molecule has 10 unspecified atom stereocenters. The van der Waals surface area contributed by atoms with Gasteiger partial charge in [0, 0.05) is 54.9 Å². The molecule has 2 heterocycles. The number of benzene rings is 2. The topological polar surface area (TPSA) is 32.6 Å². The van der Waals surface area contributed by atoms with E-state index in [1.807, 2.05) is 0 Å². The number of nitrogens with one attached hydrogen (secondary N) is 1. The smallest absolute Gasteiger partial charge is 0.660 e. The molecule has 0 aromatic heterocycles. The SMILES string of the molecule is CC1=CC2C(C=C1)C1c3ccccc3N(C)C1C2[Si](C)(C)NC(C)(C)C.CC1=CC2C(C=C1)C1c3ccccc3N(C)C1C2[Si](C)(C)[N-]C(C)(C)C.[CH3-].[CH3-].[CH3-].[Ti+4]. The van der Waals surface area contributed by atoms with E-state index in [1.165, 1.54) is 22.5 Å². The Morgan fingerprint density at radius 1 is 0.607 bits per heavy atom. The van der Waals surface area contributed by atoms with Crippen LogP contribution in [0.2, 0.25) is 37.3 Å². The van der Waals surface area contributed by atoms with Crippen molar-refractivity contribution in [2.75, 3.05) is 23.9 Å². The number of rotatable bonds is 4. The number of anilines is 2. The summed E-state index contributed by atoms with van der Waals surface area (Å²) in [7, 11) is 1.16. The molecule has 0 bridgehead atoms. The van der Waals surface area contributed by atoms with Crippen LogP contribution in [0.3, 0.4) is 0 Å². The van der Waals surface area contributed by atoms with Crippen molar-refractivity contribution < 1.29 is 21.7 Å². The molecule has 2 aliphatic heterocycles. The molecule has 8 rings (SSSR count). The van der Waals surface area contributed by atoms with Crippen LogP contribution in [-0.4, -0.2) is 53.7 Å². The van der Waals surface area contributed by atoms with Gasteiger partial charge in [-0.25, -0.2) is 0 Å². The summed E-state index contributed by atoms with van der Waals surface area (Å²) >= 11 is 0. The van der Waals surface area contributed by atoms with E-state index in [1.54, 1.807) is 11.1 Å². The molecule has 2 fully saturated rings. The van der Waals surface area contributed by atoms with Crippen molar-refractivity contribution in [2.45, 2.75) is 128 Å². The standard InChI is InChI=1S/C23H34N2Si.C23H33N2Si.3CH3.Ti/c2*1-15-12-13-16-18(14-15)22(26(6,7)24-23(2,3)4)21-20(16)17-10-8-9-11-19(17)25(21)5;;;;/h8-14,16,18,20-22,24H,1-7H3;8-14,16,18,20-22H,1-7H3;3*1H3;/q;4*-1;+4. The quantitative estimate of drug-likeness (QED) is 0.246.